The Bertz CT molecular complexity index is 730. The first-order chi connectivity index (χ1) is 9.33. The average molecular weight is 311 g/mol. The van der Waals surface area contributed by atoms with Gasteiger partial charge in [-0.15, -0.1) is 0 Å². The SMILES string of the molecule is Cc1cnc(Cl)nc1Cc1cccc(CS(C)(=O)=O)c1. The van der Waals surface area contributed by atoms with E-state index in [2.05, 4.69) is 9.97 Å². The summed E-state index contributed by atoms with van der Waals surface area (Å²) in [6.07, 6.45) is 3.52. The van der Waals surface area contributed by atoms with Gasteiger partial charge in [-0.2, -0.15) is 0 Å². The van der Waals surface area contributed by atoms with Gasteiger partial charge < -0.3 is 0 Å². The molecule has 6 heteroatoms. The monoisotopic (exact) mass is 310 g/mol. The van der Waals surface area contributed by atoms with Crippen molar-refractivity contribution < 1.29 is 8.42 Å². The second-order valence-corrected chi connectivity index (χ2v) is 7.31. The number of aryl methyl sites for hydroxylation is 1. The van der Waals surface area contributed by atoms with E-state index in [1.54, 1.807) is 6.20 Å². The number of benzene rings is 1. The molecule has 0 aliphatic carbocycles. The molecule has 0 atom stereocenters. The van der Waals surface area contributed by atoms with Crippen molar-refractivity contribution in [2.24, 2.45) is 0 Å². The summed E-state index contributed by atoms with van der Waals surface area (Å²) in [6.45, 7) is 1.92. The van der Waals surface area contributed by atoms with Crippen molar-refractivity contribution in [3.05, 3.63) is 58.1 Å². The molecule has 2 aromatic rings. The van der Waals surface area contributed by atoms with Gasteiger partial charge in [0.2, 0.25) is 5.28 Å². The fourth-order valence-corrected chi connectivity index (χ4v) is 2.89. The Morgan fingerprint density at radius 2 is 1.95 bits per heavy atom. The van der Waals surface area contributed by atoms with E-state index in [4.69, 9.17) is 11.6 Å². The van der Waals surface area contributed by atoms with Crippen LogP contribution in [0, 0.1) is 6.92 Å². The minimum Gasteiger partial charge on any atom is -0.229 e. The fourth-order valence-electron chi connectivity index (χ4n) is 1.96. The Morgan fingerprint density at radius 1 is 1.25 bits per heavy atom. The van der Waals surface area contributed by atoms with Gasteiger partial charge in [0.05, 0.1) is 11.4 Å². The highest BCUT2D eigenvalue weighted by molar-refractivity contribution is 7.89. The number of aromatic nitrogens is 2. The van der Waals surface area contributed by atoms with E-state index in [1.165, 1.54) is 6.26 Å². The number of halogens is 1. The summed E-state index contributed by atoms with van der Waals surface area (Å²) in [5, 5.41) is 0.220. The summed E-state index contributed by atoms with van der Waals surface area (Å²) in [7, 11) is -3.03. The average Bonchev–Trinajstić information content (AvgIpc) is 2.32. The summed E-state index contributed by atoms with van der Waals surface area (Å²) in [5.74, 6) is 0.0460. The molecule has 1 heterocycles. The smallest absolute Gasteiger partial charge is 0.222 e. The first kappa shape index (κ1) is 14.9. The van der Waals surface area contributed by atoms with Crippen molar-refractivity contribution in [1.82, 2.24) is 9.97 Å². The van der Waals surface area contributed by atoms with Crippen molar-refractivity contribution in [3.63, 3.8) is 0 Å². The van der Waals surface area contributed by atoms with Crippen molar-refractivity contribution in [2.75, 3.05) is 6.26 Å². The number of sulfone groups is 1. The molecule has 4 nitrogen and oxygen atoms in total. The molecule has 2 rings (SSSR count). The first-order valence-corrected chi connectivity index (χ1v) is 8.51. The lowest BCUT2D eigenvalue weighted by molar-refractivity contribution is 0.601. The number of nitrogens with zero attached hydrogens (tertiary/aromatic N) is 2. The van der Waals surface area contributed by atoms with Crippen LogP contribution in [0.2, 0.25) is 5.28 Å². The Balaban J connectivity index is 2.26. The standard InChI is InChI=1S/C14H15ClN2O2S/c1-10-8-16-14(15)17-13(10)7-11-4-3-5-12(6-11)9-20(2,18)19/h3-6,8H,7,9H2,1-2H3. The maximum absolute atomic E-state index is 11.3. The predicted octanol–water partition coefficient (Wildman–Crippen LogP) is 2.57. The zero-order chi connectivity index (χ0) is 14.8. The van der Waals surface area contributed by atoms with Crippen LogP contribution >= 0.6 is 11.6 Å². The fraction of sp³-hybridized carbons (Fsp3) is 0.286. The van der Waals surface area contributed by atoms with Crippen molar-refractivity contribution in [3.8, 4) is 0 Å². The molecule has 0 bridgehead atoms. The zero-order valence-electron chi connectivity index (χ0n) is 11.3. The Hall–Kier alpha value is -1.46. The molecule has 20 heavy (non-hydrogen) atoms. The maximum Gasteiger partial charge on any atom is 0.222 e. The molecule has 1 aromatic heterocycles. The zero-order valence-corrected chi connectivity index (χ0v) is 12.9. The largest absolute Gasteiger partial charge is 0.229 e. The van der Waals surface area contributed by atoms with Gasteiger partial charge in [0.1, 0.15) is 0 Å². The van der Waals surface area contributed by atoms with E-state index < -0.39 is 9.84 Å². The minimum atomic E-state index is -3.03. The molecule has 0 spiro atoms. The van der Waals surface area contributed by atoms with Crippen molar-refractivity contribution >= 4 is 21.4 Å². The van der Waals surface area contributed by atoms with Crippen LogP contribution in [-0.4, -0.2) is 24.6 Å². The third kappa shape index (κ3) is 4.28. The van der Waals surface area contributed by atoms with Crippen LogP contribution in [0.3, 0.4) is 0 Å². The Morgan fingerprint density at radius 3 is 2.65 bits per heavy atom. The van der Waals surface area contributed by atoms with Crippen LogP contribution in [0.15, 0.2) is 30.5 Å². The molecule has 0 amide bonds. The van der Waals surface area contributed by atoms with Crippen molar-refractivity contribution in [1.29, 1.82) is 0 Å². The summed E-state index contributed by atoms with van der Waals surface area (Å²) < 4.78 is 22.7. The van der Waals surface area contributed by atoms with E-state index in [1.807, 2.05) is 31.2 Å². The molecule has 0 fully saturated rings. The second kappa shape index (κ2) is 5.89. The molecule has 0 aliphatic heterocycles. The summed E-state index contributed by atoms with van der Waals surface area (Å²) in [4.78, 5) is 8.13. The van der Waals surface area contributed by atoms with Crippen molar-refractivity contribution in [2.45, 2.75) is 19.1 Å². The van der Waals surface area contributed by atoms with Crippen LogP contribution in [0.1, 0.15) is 22.4 Å². The van der Waals surface area contributed by atoms with Gasteiger partial charge in [-0.3, -0.25) is 0 Å². The highest BCUT2D eigenvalue weighted by Crippen LogP contribution is 2.15. The van der Waals surface area contributed by atoms with Gasteiger partial charge in [0.25, 0.3) is 0 Å². The summed E-state index contributed by atoms with van der Waals surface area (Å²) in [6, 6.07) is 7.50. The van der Waals surface area contributed by atoms with Crippen LogP contribution in [0.4, 0.5) is 0 Å². The normalized spacial score (nSPS) is 11.6. The van der Waals surface area contributed by atoms with E-state index >= 15 is 0 Å². The van der Waals surface area contributed by atoms with Crippen LogP contribution in [-0.2, 0) is 22.0 Å². The lowest BCUT2D eigenvalue weighted by Gasteiger charge is -2.07. The van der Waals surface area contributed by atoms with E-state index in [0.717, 1.165) is 22.4 Å². The number of rotatable bonds is 4. The van der Waals surface area contributed by atoms with E-state index in [0.29, 0.717) is 6.42 Å². The molecular formula is C14H15ClN2O2S. The van der Waals surface area contributed by atoms with Gasteiger partial charge in [-0.05, 0) is 35.2 Å². The Labute approximate surface area is 123 Å². The molecule has 0 saturated heterocycles. The molecular weight excluding hydrogens is 296 g/mol. The van der Waals surface area contributed by atoms with Crippen LogP contribution in [0.5, 0.6) is 0 Å². The summed E-state index contributed by atoms with van der Waals surface area (Å²) in [5.41, 5.74) is 3.59. The lowest BCUT2D eigenvalue weighted by Crippen LogP contribution is -2.02. The maximum atomic E-state index is 11.3. The molecule has 106 valence electrons. The Kier molecular flexibility index (Phi) is 4.40. The van der Waals surface area contributed by atoms with Gasteiger partial charge in [-0.25, -0.2) is 18.4 Å². The highest BCUT2D eigenvalue weighted by atomic mass is 35.5. The van der Waals surface area contributed by atoms with Gasteiger partial charge >= 0.3 is 0 Å². The number of hydrogen-bond donors (Lipinski definition) is 0. The molecule has 0 N–H and O–H groups in total. The molecule has 0 aliphatic rings. The van der Waals surface area contributed by atoms with Gasteiger partial charge in [0, 0.05) is 18.9 Å². The molecule has 1 aromatic carbocycles. The topological polar surface area (TPSA) is 59.9 Å². The highest BCUT2D eigenvalue weighted by Gasteiger charge is 2.07. The quantitative estimate of drug-likeness (QED) is 0.814. The second-order valence-electron chi connectivity index (χ2n) is 4.84. The van der Waals surface area contributed by atoms with Gasteiger partial charge in [-0.1, -0.05) is 24.3 Å². The third-order valence-corrected chi connectivity index (χ3v) is 3.88. The van der Waals surface area contributed by atoms with Gasteiger partial charge in [0.15, 0.2) is 9.84 Å². The lowest BCUT2D eigenvalue weighted by atomic mass is 10.0. The predicted molar refractivity (Wildman–Crippen MR) is 79.6 cm³/mol. The van der Waals surface area contributed by atoms with E-state index in [-0.39, 0.29) is 11.0 Å². The van der Waals surface area contributed by atoms with E-state index in [9.17, 15) is 8.42 Å². The molecule has 0 saturated carbocycles. The molecule has 0 unspecified atom stereocenters. The van der Waals surface area contributed by atoms with Crippen LogP contribution < -0.4 is 0 Å². The summed E-state index contributed by atoms with van der Waals surface area (Å²) >= 11 is 5.80. The minimum absolute atomic E-state index is 0.0460. The first-order valence-electron chi connectivity index (χ1n) is 6.07. The third-order valence-electron chi connectivity index (χ3n) is 2.84. The molecule has 0 radical (unpaired) electrons. The van der Waals surface area contributed by atoms with Crippen LogP contribution in [0.25, 0.3) is 0 Å². The number of hydrogen-bond acceptors (Lipinski definition) is 4.